The summed E-state index contributed by atoms with van der Waals surface area (Å²) >= 11 is 5.93. The average molecular weight is 443 g/mol. The molecule has 0 amide bonds. The SMILES string of the molecule is COc1ccc(-c2cc(C[C@@H]3CC[C@H](O)[C@@H](CNCc4ccc(Cl)cc4)O3)no2)cc1. The van der Waals surface area contributed by atoms with Crippen LogP contribution in [0.4, 0.5) is 0 Å². The standard InChI is InChI=1S/C24H27ClN2O4/c1-29-20-8-4-17(5-9-20)23-13-19(27-31-23)12-21-10-11-22(28)24(30-21)15-26-14-16-2-6-18(25)7-3-16/h2-9,13,21-22,24,26,28H,10-12,14-15H2,1H3/t21-,22-,24+/m0/s1. The van der Waals surface area contributed by atoms with E-state index in [4.69, 9.17) is 25.6 Å². The first kappa shape index (κ1) is 21.8. The lowest BCUT2D eigenvalue weighted by Crippen LogP contribution is -2.45. The fraction of sp³-hybridized carbons (Fsp3) is 0.375. The molecule has 1 aliphatic heterocycles. The quantitative estimate of drug-likeness (QED) is 0.543. The predicted molar refractivity (Wildman–Crippen MR) is 119 cm³/mol. The van der Waals surface area contributed by atoms with E-state index in [1.54, 1.807) is 7.11 Å². The number of aliphatic hydroxyl groups is 1. The van der Waals surface area contributed by atoms with Crippen LogP contribution < -0.4 is 10.1 Å². The molecule has 3 atom stereocenters. The van der Waals surface area contributed by atoms with Gasteiger partial charge in [0.25, 0.3) is 0 Å². The first-order valence-electron chi connectivity index (χ1n) is 10.5. The minimum atomic E-state index is -0.471. The van der Waals surface area contributed by atoms with Crippen molar-refractivity contribution in [3.05, 3.63) is 70.9 Å². The van der Waals surface area contributed by atoms with Crippen LogP contribution in [0, 0.1) is 0 Å². The number of methoxy groups -OCH3 is 1. The van der Waals surface area contributed by atoms with Crippen molar-refractivity contribution in [2.45, 2.75) is 44.1 Å². The van der Waals surface area contributed by atoms with Gasteiger partial charge >= 0.3 is 0 Å². The second-order valence-corrected chi connectivity index (χ2v) is 8.25. The molecule has 164 valence electrons. The predicted octanol–water partition coefficient (Wildman–Crippen LogP) is 4.24. The van der Waals surface area contributed by atoms with Gasteiger partial charge in [-0.3, -0.25) is 0 Å². The molecular weight excluding hydrogens is 416 g/mol. The van der Waals surface area contributed by atoms with E-state index in [0.29, 0.717) is 25.9 Å². The molecule has 1 fully saturated rings. The number of ether oxygens (including phenoxy) is 2. The molecule has 0 radical (unpaired) electrons. The van der Waals surface area contributed by atoms with Crippen LogP contribution in [-0.2, 0) is 17.7 Å². The van der Waals surface area contributed by atoms with Crippen molar-refractivity contribution in [2.24, 2.45) is 0 Å². The third kappa shape index (κ3) is 5.86. The Bertz CT molecular complexity index is 958. The Morgan fingerprint density at radius 2 is 1.90 bits per heavy atom. The molecular formula is C24H27ClN2O4. The van der Waals surface area contributed by atoms with Crippen molar-refractivity contribution < 1.29 is 19.1 Å². The summed E-state index contributed by atoms with van der Waals surface area (Å²) < 4.78 is 16.9. The lowest BCUT2D eigenvalue weighted by molar-refractivity contribution is -0.115. The van der Waals surface area contributed by atoms with Crippen molar-refractivity contribution in [3.8, 4) is 17.1 Å². The molecule has 1 aliphatic rings. The van der Waals surface area contributed by atoms with Crippen molar-refractivity contribution in [1.82, 2.24) is 10.5 Å². The van der Waals surface area contributed by atoms with Gasteiger partial charge in [0.15, 0.2) is 5.76 Å². The molecule has 7 heteroatoms. The summed E-state index contributed by atoms with van der Waals surface area (Å²) in [5.41, 5.74) is 2.93. The van der Waals surface area contributed by atoms with Gasteiger partial charge in [0.1, 0.15) is 5.75 Å². The molecule has 0 aliphatic carbocycles. The molecule has 2 aromatic carbocycles. The van der Waals surface area contributed by atoms with E-state index in [1.807, 2.05) is 54.6 Å². The van der Waals surface area contributed by atoms with Crippen LogP contribution >= 0.6 is 11.6 Å². The highest BCUT2D eigenvalue weighted by Crippen LogP contribution is 2.26. The first-order valence-corrected chi connectivity index (χ1v) is 10.9. The molecule has 2 heterocycles. The van der Waals surface area contributed by atoms with Crippen LogP contribution in [0.2, 0.25) is 5.02 Å². The van der Waals surface area contributed by atoms with Crippen molar-refractivity contribution in [1.29, 1.82) is 0 Å². The largest absolute Gasteiger partial charge is 0.497 e. The van der Waals surface area contributed by atoms with Crippen LogP contribution in [0.15, 0.2) is 59.1 Å². The third-order valence-electron chi connectivity index (χ3n) is 5.54. The number of nitrogens with one attached hydrogen (secondary N) is 1. The van der Waals surface area contributed by atoms with E-state index in [2.05, 4.69) is 10.5 Å². The van der Waals surface area contributed by atoms with Gasteiger partial charge in [0.05, 0.1) is 31.1 Å². The Morgan fingerprint density at radius 3 is 2.65 bits per heavy atom. The highest BCUT2D eigenvalue weighted by atomic mass is 35.5. The Labute approximate surface area is 187 Å². The van der Waals surface area contributed by atoms with Gasteiger partial charge in [-0.25, -0.2) is 0 Å². The fourth-order valence-corrected chi connectivity index (χ4v) is 3.90. The second-order valence-electron chi connectivity index (χ2n) is 7.81. The van der Waals surface area contributed by atoms with Crippen molar-refractivity contribution in [3.63, 3.8) is 0 Å². The highest BCUT2D eigenvalue weighted by Gasteiger charge is 2.30. The zero-order chi connectivity index (χ0) is 21.6. The average Bonchev–Trinajstić information content (AvgIpc) is 3.26. The molecule has 4 rings (SSSR count). The van der Waals surface area contributed by atoms with E-state index in [0.717, 1.165) is 39.8 Å². The molecule has 0 unspecified atom stereocenters. The Hall–Kier alpha value is -2.38. The molecule has 31 heavy (non-hydrogen) atoms. The normalized spacial score (nSPS) is 21.2. The molecule has 1 saturated heterocycles. The minimum Gasteiger partial charge on any atom is -0.497 e. The number of hydrogen-bond acceptors (Lipinski definition) is 6. The topological polar surface area (TPSA) is 76.8 Å². The zero-order valence-electron chi connectivity index (χ0n) is 17.5. The van der Waals surface area contributed by atoms with Crippen LogP contribution in [0.5, 0.6) is 5.75 Å². The zero-order valence-corrected chi connectivity index (χ0v) is 18.2. The Balaban J connectivity index is 1.29. The fourth-order valence-electron chi connectivity index (χ4n) is 3.78. The Kier molecular flexibility index (Phi) is 7.25. The highest BCUT2D eigenvalue weighted by molar-refractivity contribution is 6.30. The molecule has 0 spiro atoms. The smallest absolute Gasteiger partial charge is 0.167 e. The number of rotatable bonds is 8. The van der Waals surface area contributed by atoms with Crippen LogP contribution in [0.1, 0.15) is 24.1 Å². The van der Waals surface area contributed by atoms with Gasteiger partial charge in [0, 0.05) is 36.2 Å². The van der Waals surface area contributed by atoms with Crippen LogP contribution in [0.25, 0.3) is 11.3 Å². The number of aromatic nitrogens is 1. The number of aliphatic hydroxyl groups excluding tert-OH is 1. The van der Waals surface area contributed by atoms with Gasteiger partial charge in [-0.15, -0.1) is 0 Å². The van der Waals surface area contributed by atoms with Gasteiger partial charge in [-0.1, -0.05) is 28.9 Å². The van der Waals surface area contributed by atoms with Crippen molar-refractivity contribution >= 4 is 11.6 Å². The maximum atomic E-state index is 10.4. The number of halogens is 1. The first-order chi connectivity index (χ1) is 15.1. The van der Waals surface area contributed by atoms with E-state index in [9.17, 15) is 5.11 Å². The van der Waals surface area contributed by atoms with Gasteiger partial charge < -0.3 is 24.4 Å². The summed E-state index contributed by atoms with van der Waals surface area (Å²) in [6.45, 7) is 1.28. The number of nitrogens with zero attached hydrogens (tertiary/aromatic N) is 1. The van der Waals surface area contributed by atoms with Crippen LogP contribution in [-0.4, -0.2) is 42.2 Å². The van der Waals surface area contributed by atoms with Gasteiger partial charge in [0.2, 0.25) is 0 Å². The number of benzene rings is 2. The summed E-state index contributed by atoms with van der Waals surface area (Å²) in [6.07, 6.45) is 1.43. The van der Waals surface area contributed by atoms with Gasteiger partial charge in [-0.05, 0) is 54.8 Å². The molecule has 2 N–H and O–H groups in total. The van der Waals surface area contributed by atoms with E-state index >= 15 is 0 Å². The molecule has 6 nitrogen and oxygen atoms in total. The minimum absolute atomic E-state index is 0.000417. The molecule has 0 saturated carbocycles. The van der Waals surface area contributed by atoms with Gasteiger partial charge in [-0.2, -0.15) is 0 Å². The van der Waals surface area contributed by atoms with Crippen LogP contribution in [0.3, 0.4) is 0 Å². The van der Waals surface area contributed by atoms with E-state index in [-0.39, 0.29) is 12.2 Å². The Morgan fingerprint density at radius 1 is 1.13 bits per heavy atom. The summed E-state index contributed by atoms with van der Waals surface area (Å²) in [7, 11) is 1.64. The monoisotopic (exact) mass is 442 g/mol. The summed E-state index contributed by atoms with van der Waals surface area (Å²) in [5, 5.41) is 18.7. The summed E-state index contributed by atoms with van der Waals surface area (Å²) in [4.78, 5) is 0. The molecule has 1 aromatic heterocycles. The van der Waals surface area contributed by atoms with E-state index in [1.165, 1.54) is 0 Å². The van der Waals surface area contributed by atoms with Crippen molar-refractivity contribution in [2.75, 3.05) is 13.7 Å². The summed E-state index contributed by atoms with van der Waals surface area (Å²) in [6, 6.07) is 17.3. The summed E-state index contributed by atoms with van der Waals surface area (Å²) in [5.74, 6) is 1.52. The maximum absolute atomic E-state index is 10.4. The van der Waals surface area contributed by atoms with E-state index < -0.39 is 6.10 Å². The molecule has 0 bridgehead atoms. The third-order valence-corrected chi connectivity index (χ3v) is 5.79. The lowest BCUT2D eigenvalue weighted by atomic mass is 9.98. The molecule has 3 aromatic rings. The maximum Gasteiger partial charge on any atom is 0.167 e. The number of hydrogen-bond donors (Lipinski definition) is 2. The second kappa shape index (κ2) is 10.3. The lowest BCUT2D eigenvalue weighted by Gasteiger charge is -2.34.